The van der Waals surface area contributed by atoms with Crippen LogP contribution in [0.1, 0.15) is 184 Å². The highest BCUT2D eigenvalue weighted by atomic mass is 16.6. The Morgan fingerprint density at radius 3 is 1.44 bits per heavy atom. The second-order valence-electron chi connectivity index (χ2n) is 20.0. The number of hydrogen-bond acceptors (Lipinski definition) is 12. The SMILES string of the molecule is CC.CC.CC.CC(=O)OCc1ccc(CC(C)C)c(COC(=O)C(C)C)c1.CC(C)Cc1ccc(COC(=O)C(C)C)cc1.CCc1ccc(COC(=O)N(C)CCN(C)C(=O)OC(C)C)cc1NC(=O)CCNC(C)C. The summed E-state index contributed by atoms with van der Waals surface area (Å²) in [6.07, 6.45) is 2.03. The molecule has 0 aliphatic heterocycles. The molecule has 0 atom stereocenters. The van der Waals surface area contributed by atoms with Crippen LogP contribution in [0, 0.1) is 23.7 Å². The summed E-state index contributed by atoms with van der Waals surface area (Å²) in [5.41, 5.74) is 7.96. The van der Waals surface area contributed by atoms with Crippen molar-refractivity contribution in [1.29, 1.82) is 0 Å². The molecule has 0 fully saturated rings. The summed E-state index contributed by atoms with van der Waals surface area (Å²) in [6, 6.07) is 20.2. The van der Waals surface area contributed by atoms with E-state index in [1.807, 2.05) is 139 Å². The molecular formula is C63H106N4O11. The topological polar surface area (TPSA) is 179 Å². The van der Waals surface area contributed by atoms with E-state index in [2.05, 4.69) is 50.5 Å². The number of carbonyl (C=O) groups excluding carboxylic acids is 6. The highest BCUT2D eigenvalue weighted by Gasteiger charge is 2.17. The van der Waals surface area contributed by atoms with Gasteiger partial charge >= 0.3 is 30.1 Å². The van der Waals surface area contributed by atoms with Gasteiger partial charge in [-0.25, -0.2) is 9.59 Å². The zero-order valence-corrected chi connectivity index (χ0v) is 52.4. The van der Waals surface area contributed by atoms with Crippen molar-refractivity contribution in [1.82, 2.24) is 15.1 Å². The van der Waals surface area contributed by atoms with E-state index < -0.39 is 12.2 Å². The summed E-state index contributed by atoms with van der Waals surface area (Å²) in [5, 5.41) is 6.19. The van der Waals surface area contributed by atoms with E-state index >= 15 is 0 Å². The van der Waals surface area contributed by atoms with Crippen molar-refractivity contribution in [2.75, 3.05) is 39.0 Å². The average molecular weight is 1100 g/mol. The van der Waals surface area contributed by atoms with Crippen LogP contribution in [-0.2, 0) is 88.6 Å². The van der Waals surface area contributed by atoms with Gasteiger partial charge in [0.2, 0.25) is 5.91 Å². The van der Waals surface area contributed by atoms with Gasteiger partial charge in [-0.15, -0.1) is 0 Å². The van der Waals surface area contributed by atoms with Gasteiger partial charge in [0.15, 0.2) is 0 Å². The number of carbonyl (C=O) groups is 6. The zero-order valence-electron chi connectivity index (χ0n) is 52.4. The Hall–Kier alpha value is -5.96. The third-order valence-electron chi connectivity index (χ3n) is 10.5. The van der Waals surface area contributed by atoms with Gasteiger partial charge in [0, 0.05) is 58.8 Å². The Bertz CT molecular complexity index is 2120. The molecule has 0 spiro atoms. The molecule has 0 radical (unpaired) electrons. The summed E-state index contributed by atoms with van der Waals surface area (Å²) in [7, 11) is 3.23. The number of amides is 3. The Labute approximate surface area is 472 Å². The van der Waals surface area contributed by atoms with Crippen molar-refractivity contribution >= 4 is 41.7 Å². The maximum absolute atomic E-state index is 12.3. The van der Waals surface area contributed by atoms with Crippen LogP contribution in [0.5, 0.6) is 0 Å². The number of anilines is 1. The molecule has 0 aliphatic rings. The molecule has 444 valence electrons. The van der Waals surface area contributed by atoms with Crippen LogP contribution in [0.4, 0.5) is 15.3 Å². The first kappa shape index (κ1) is 76.3. The Balaban J connectivity index is -0.00000108. The van der Waals surface area contributed by atoms with E-state index in [1.54, 1.807) is 27.9 Å². The minimum Gasteiger partial charge on any atom is -0.461 e. The molecule has 3 rings (SSSR count). The van der Waals surface area contributed by atoms with Gasteiger partial charge in [-0.2, -0.15) is 0 Å². The molecule has 15 nitrogen and oxygen atoms in total. The summed E-state index contributed by atoms with van der Waals surface area (Å²) in [5.74, 6) is 0.259. The number of nitrogens with one attached hydrogen (secondary N) is 2. The first-order valence-corrected chi connectivity index (χ1v) is 28.4. The molecule has 2 N–H and O–H groups in total. The molecule has 0 saturated heterocycles. The van der Waals surface area contributed by atoms with Gasteiger partial charge in [0.05, 0.1) is 17.9 Å². The van der Waals surface area contributed by atoms with Gasteiger partial charge in [-0.1, -0.05) is 166 Å². The van der Waals surface area contributed by atoms with Crippen molar-refractivity contribution in [2.45, 2.75) is 203 Å². The van der Waals surface area contributed by atoms with Gasteiger partial charge in [-0.3, -0.25) is 19.2 Å². The minimum absolute atomic E-state index is 0.0600. The smallest absolute Gasteiger partial charge is 0.409 e. The van der Waals surface area contributed by atoms with Gasteiger partial charge in [0.1, 0.15) is 26.4 Å². The van der Waals surface area contributed by atoms with Crippen LogP contribution in [-0.4, -0.2) is 91.7 Å². The van der Waals surface area contributed by atoms with Crippen LogP contribution in [0.15, 0.2) is 60.7 Å². The number of esters is 3. The summed E-state index contributed by atoms with van der Waals surface area (Å²) in [6.45, 7) is 41.3. The fourth-order valence-electron chi connectivity index (χ4n) is 6.46. The number of rotatable bonds is 24. The fourth-order valence-corrected chi connectivity index (χ4v) is 6.46. The summed E-state index contributed by atoms with van der Waals surface area (Å²) >= 11 is 0. The molecule has 3 amide bonds. The lowest BCUT2D eigenvalue weighted by molar-refractivity contribution is -0.149. The molecule has 3 aromatic carbocycles. The molecule has 0 saturated carbocycles. The third kappa shape index (κ3) is 37.0. The van der Waals surface area contributed by atoms with Crippen molar-refractivity contribution in [3.63, 3.8) is 0 Å². The second kappa shape index (κ2) is 45.0. The summed E-state index contributed by atoms with van der Waals surface area (Å²) in [4.78, 5) is 73.1. The Morgan fingerprint density at radius 1 is 0.513 bits per heavy atom. The Morgan fingerprint density at radius 2 is 0.962 bits per heavy atom. The maximum Gasteiger partial charge on any atom is 0.409 e. The maximum atomic E-state index is 12.3. The highest BCUT2D eigenvalue weighted by molar-refractivity contribution is 5.91. The number of likely N-dealkylation sites (N-methyl/N-ethyl adjacent to an activating group) is 2. The van der Waals surface area contributed by atoms with Crippen molar-refractivity contribution in [3.8, 4) is 0 Å². The van der Waals surface area contributed by atoms with E-state index in [4.69, 9.17) is 23.7 Å². The standard InChI is InChI=1S/C24H40N4O5.C18H26O4.C15H22O2.3C2H6/c1-8-20-10-9-19(15-21(20)26-22(29)11-12-25-17(2)3)16-32-23(30)27(6)13-14-28(7)24(31)33-18(4)5;1-12(2)8-16-7-6-15(10-21-14(5)19)9-17(16)11-22-18(20)13(3)4;1-11(2)9-13-5-7-14(8-6-13)10-17-15(16)12(3)4;3*1-2/h9-10,15,17-18,25H,8,11-14,16H2,1-7H3,(H,26,29);6-7,9,12-13H,8,10-11H2,1-5H3;5-8,11-12H,9-10H2,1-4H3;3*1-2H3. The van der Waals surface area contributed by atoms with Crippen molar-refractivity contribution < 1.29 is 52.5 Å². The van der Waals surface area contributed by atoms with Crippen LogP contribution < -0.4 is 10.6 Å². The molecule has 0 aromatic heterocycles. The van der Waals surface area contributed by atoms with E-state index in [0.29, 0.717) is 50.5 Å². The van der Waals surface area contributed by atoms with E-state index in [-0.39, 0.29) is 61.6 Å². The summed E-state index contributed by atoms with van der Waals surface area (Å²) < 4.78 is 26.1. The zero-order chi connectivity index (χ0) is 60.5. The molecule has 0 heterocycles. The van der Waals surface area contributed by atoms with Crippen molar-refractivity contribution in [2.24, 2.45) is 23.7 Å². The van der Waals surface area contributed by atoms with E-state index in [1.165, 1.54) is 22.3 Å². The normalized spacial score (nSPS) is 10.3. The number of ether oxygens (including phenoxy) is 5. The largest absolute Gasteiger partial charge is 0.461 e. The van der Waals surface area contributed by atoms with Crippen LogP contribution >= 0.6 is 0 Å². The van der Waals surface area contributed by atoms with E-state index in [0.717, 1.165) is 58.3 Å². The average Bonchev–Trinajstić information content (AvgIpc) is 3.39. The molecule has 0 aliphatic carbocycles. The second-order valence-corrected chi connectivity index (χ2v) is 20.0. The quantitative estimate of drug-likeness (QED) is 0.0641. The predicted molar refractivity (Wildman–Crippen MR) is 318 cm³/mol. The van der Waals surface area contributed by atoms with Crippen LogP contribution in [0.2, 0.25) is 0 Å². The van der Waals surface area contributed by atoms with Crippen molar-refractivity contribution in [3.05, 3.63) is 99.6 Å². The predicted octanol–water partition coefficient (Wildman–Crippen LogP) is 13.9. The number of nitrogens with zero attached hydrogens (tertiary/aromatic N) is 2. The van der Waals surface area contributed by atoms with E-state index in [9.17, 15) is 28.8 Å². The van der Waals surface area contributed by atoms with Gasteiger partial charge in [-0.05, 0) is 96.0 Å². The minimum atomic E-state index is -0.495. The van der Waals surface area contributed by atoms with Gasteiger partial charge in [0.25, 0.3) is 0 Å². The molecular weight excluding hydrogens is 989 g/mol. The lowest BCUT2D eigenvalue weighted by Crippen LogP contribution is -2.38. The lowest BCUT2D eigenvalue weighted by atomic mass is 9.96. The third-order valence-corrected chi connectivity index (χ3v) is 10.5. The monoisotopic (exact) mass is 1090 g/mol. The number of benzene rings is 3. The molecule has 3 aromatic rings. The fraction of sp³-hybridized carbons (Fsp3) is 0.619. The van der Waals surface area contributed by atoms with Gasteiger partial charge < -0.3 is 44.1 Å². The molecule has 0 unspecified atom stereocenters. The number of aryl methyl sites for hydroxylation is 1. The van der Waals surface area contributed by atoms with Crippen LogP contribution in [0.3, 0.4) is 0 Å². The lowest BCUT2D eigenvalue weighted by Gasteiger charge is -2.22. The highest BCUT2D eigenvalue weighted by Crippen LogP contribution is 2.21. The molecule has 78 heavy (non-hydrogen) atoms. The Kier molecular flexibility index (Phi) is 44.0. The van der Waals surface area contributed by atoms with Crippen LogP contribution in [0.25, 0.3) is 0 Å². The number of hydrogen-bond donors (Lipinski definition) is 2. The molecule has 15 heteroatoms. The molecule has 0 bridgehead atoms. The first-order valence-electron chi connectivity index (χ1n) is 28.4. The first-order chi connectivity index (χ1) is 36.8.